The molecule has 0 amide bonds. The fourth-order valence-corrected chi connectivity index (χ4v) is 3.76. The van der Waals surface area contributed by atoms with E-state index in [1.54, 1.807) is 24.5 Å². The van der Waals surface area contributed by atoms with Gasteiger partial charge < -0.3 is 14.8 Å². The van der Waals surface area contributed by atoms with Crippen molar-refractivity contribution in [3.8, 4) is 17.6 Å². The average Bonchev–Trinajstić information content (AvgIpc) is 2.84. The van der Waals surface area contributed by atoms with Gasteiger partial charge in [0.2, 0.25) is 0 Å². The van der Waals surface area contributed by atoms with Gasteiger partial charge in [-0.3, -0.25) is 9.97 Å². The zero-order chi connectivity index (χ0) is 23.2. The zero-order valence-corrected chi connectivity index (χ0v) is 19.2. The van der Waals surface area contributed by atoms with Crippen LogP contribution in [0.3, 0.4) is 0 Å². The molecule has 2 aromatic carbocycles. The number of nitrogens with one attached hydrogen (secondary N) is 1. The van der Waals surface area contributed by atoms with Gasteiger partial charge in [0.05, 0.1) is 34.1 Å². The van der Waals surface area contributed by atoms with Crippen molar-refractivity contribution in [1.29, 1.82) is 5.26 Å². The van der Waals surface area contributed by atoms with Crippen LogP contribution in [0.25, 0.3) is 10.9 Å². The molecule has 6 nitrogen and oxygen atoms in total. The number of hydrogen-bond donors (Lipinski definition) is 1. The number of pyridine rings is 2. The molecule has 4 aromatic rings. The van der Waals surface area contributed by atoms with Crippen LogP contribution in [-0.4, -0.2) is 16.6 Å². The Bertz CT molecular complexity index is 1320. The summed E-state index contributed by atoms with van der Waals surface area (Å²) in [6.45, 7) is 4.92. The third kappa shape index (κ3) is 5.00. The first-order chi connectivity index (χ1) is 16.1. The van der Waals surface area contributed by atoms with Gasteiger partial charge in [-0.25, -0.2) is 0 Å². The first-order valence-corrected chi connectivity index (χ1v) is 11.1. The maximum absolute atomic E-state index is 9.69. The van der Waals surface area contributed by atoms with Crippen LogP contribution in [0.5, 0.6) is 11.5 Å². The number of anilines is 2. The quantitative estimate of drug-likeness (QED) is 0.327. The number of benzene rings is 2. The molecule has 4 rings (SSSR count). The lowest BCUT2D eigenvalue weighted by atomic mass is 10.0. The van der Waals surface area contributed by atoms with Gasteiger partial charge in [-0.1, -0.05) is 24.6 Å². The molecule has 0 bridgehead atoms. The van der Waals surface area contributed by atoms with Gasteiger partial charge >= 0.3 is 0 Å². The highest BCUT2D eigenvalue weighted by Crippen LogP contribution is 2.35. The van der Waals surface area contributed by atoms with E-state index < -0.39 is 0 Å². The number of halogens is 1. The van der Waals surface area contributed by atoms with Crippen LogP contribution in [0, 0.1) is 11.3 Å². The van der Waals surface area contributed by atoms with Crippen molar-refractivity contribution < 1.29 is 9.47 Å². The highest BCUT2D eigenvalue weighted by atomic mass is 35.5. The van der Waals surface area contributed by atoms with Crippen LogP contribution < -0.4 is 14.8 Å². The fourth-order valence-electron chi connectivity index (χ4n) is 3.53. The van der Waals surface area contributed by atoms with E-state index in [0.29, 0.717) is 35.2 Å². The number of aryl methyl sites for hydroxylation is 1. The molecule has 0 spiro atoms. The Morgan fingerprint density at radius 1 is 1.03 bits per heavy atom. The van der Waals surface area contributed by atoms with E-state index in [9.17, 15) is 5.26 Å². The molecule has 0 aliphatic carbocycles. The second-order valence-electron chi connectivity index (χ2n) is 7.30. The van der Waals surface area contributed by atoms with Crippen molar-refractivity contribution in [2.75, 3.05) is 11.9 Å². The number of hydrogen-bond acceptors (Lipinski definition) is 6. The van der Waals surface area contributed by atoms with Gasteiger partial charge in [-0.15, -0.1) is 0 Å². The summed E-state index contributed by atoms with van der Waals surface area (Å²) >= 11 is 6.48. The summed E-state index contributed by atoms with van der Waals surface area (Å²) in [6, 6.07) is 17.3. The van der Waals surface area contributed by atoms with Crippen molar-refractivity contribution >= 4 is 33.9 Å². The number of nitrogens with zero attached hydrogens (tertiary/aromatic N) is 3. The Labute approximate surface area is 197 Å². The minimum atomic E-state index is 0.322. The first-order valence-electron chi connectivity index (χ1n) is 10.7. The summed E-state index contributed by atoms with van der Waals surface area (Å²) in [7, 11) is 0. The predicted molar refractivity (Wildman–Crippen MR) is 130 cm³/mol. The first kappa shape index (κ1) is 22.4. The van der Waals surface area contributed by atoms with Crippen molar-refractivity contribution in [2.45, 2.75) is 26.9 Å². The van der Waals surface area contributed by atoms with Crippen LogP contribution in [-0.2, 0) is 13.0 Å². The Hall–Kier alpha value is -3.82. The number of fused-ring (bicyclic) bond motifs is 1. The van der Waals surface area contributed by atoms with Gasteiger partial charge in [-0.05, 0) is 55.3 Å². The highest BCUT2D eigenvalue weighted by molar-refractivity contribution is 6.32. The second kappa shape index (κ2) is 10.2. The fraction of sp³-hybridized carbons (Fsp3) is 0.192. The molecular weight excluding hydrogens is 436 g/mol. The summed E-state index contributed by atoms with van der Waals surface area (Å²) in [5, 5.41) is 14.4. The van der Waals surface area contributed by atoms with Crippen LogP contribution in [0.15, 0.2) is 60.9 Å². The van der Waals surface area contributed by atoms with Gasteiger partial charge in [0.1, 0.15) is 24.2 Å². The van der Waals surface area contributed by atoms with E-state index in [0.717, 1.165) is 40.0 Å². The van der Waals surface area contributed by atoms with Gasteiger partial charge in [0, 0.05) is 29.5 Å². The lowest BCUT2D eigenvalue weighted by Crippen LogP contribution is -2.01. The lowest BCUT2D eigenvalue weighted by Gasteiger charge is -2.16. The van der Waals surface area contributed by atoms with Gasteiger partial charge in [-0.2, -0.15) is 5.26 Å². The molecule has 1 N–H and O–H groups in total. The molecule has 0 aliphatic rings. The Balaban J connectivity index is 1.65. The summed E-state index contributed by atoms with van der Waals surface area (Å²) in [5.74, 6) is 1.37. The third-order valence-electron chi connectivity index (χ3n) is 5.15. The number of rotatable bonds is 8. The Morgan fingerprint density at radius 2 is 1.91 bits per heavy atom. The van der Waals surface area contributed by atoms with Crippen molar-refractivity contribution in [3.05, 3.63) is 82.8 Å². The van der Waals surface area contributed by atoms with Crippen LogP contribution >= 0.6 is 11.6 Å². The normalized spacial score (nSPS) is 10.6. The molecule has 0 aliphatic heterocycles. The summed E-state index contributed by atoms with van der Waals surface area (Å²) in [4.78, 5) is 8.71. The largest absolute Gasteiger partial charge is 0.494 e. The zero-order valence-electron chi connectivity index (χ0n) is 18.4. The molecule has 166 valence electrons. The number of aromatic nitrogens is 2. The topological polar surface area (TPSA) is 80.1 Å². The smallest absolute Gasteiger partial charge is 0.138 e. The third-order valence-corrected chi connectivity index (χ3v) is 5.45. The standard InChI is InChI=1S/C26H23ClN4O2/c1-3-17-11-21-23(13-25(17)32-4-2)30-15-18(14-28)26(21)31-19-8-9-24(22(27)12-19)33-16-20-7-5-6-10-29-20/h5-13,15H,3-4,16H2,1-2H3,(H,30,31). The van der Waals surface area contributed by atoms with E-state index in [1.165, 1.54) is 0 Å². The van der Waals surface area contributed by atoms with E-state index >= 15 is 0 Å². The Kier molecular flexibility index (Phi) is 6.92. The molecule has 0 atom stereocenters. The van der Waals surface area contributed by atoms with Gasteiger partial charge in [0.15, 0.2) is 0 Å². The van der Waals surface area contributed by atoms with Crippen LogP contribution in [0.4, 0.5) is 11.4 Å². The van der Waals surface area contributed by atoms with Crippen molar-refractivity contribution in [2.24, 2.45) is 0 Å². The molecule has 0 saturated heterocycles. The predicted octanol–water partition coefficient (Wildman–Crippen LogP) is 6.44. The number of ether oxygens (including phenoxy) is 2. The molecule has 0 saturated carbocycles. The van der Waals surface area contributed by atoms with Crippen LogP contribution in [0.1, 0.15) is 30.7 Å². The number of nitriles is 1. The minimum absolute atomic E-state index is 0.322. The molecule has 0 unspecified atom stereocenters. The van der Waals surface area contributed by atoms with E-state index in [4.69, 9.17) is 21.1 Å². The maximum atomic E-state index is 9.69. The molecule has 2 heterocycles. The second-order valence-corrected chi connectivity index (χ2v) is 7.71. The monoisotopic (exact) mass is 458 g/mol. The van der Waals surface area contributed by atoms with Gasteiger partial charge in [0.25, 0.3) is 0 Å². The summed E-state index contributed by atoms with van der Waals surface area (Å²) in [6.07, 6.45) is 4.09. The molecular formula is C26H23ClN4O2. The lowest BCUT2D eigenvalue weighted by molar-refractivity contribution is 0.301. The maximum Gasteiger partial charge on any atom is 0.138 e. The Morgan fingerprint density at radius 3 is 2.61 bits per heavy atom. The van der Waals surface area contributed by atoms with E-state index in [1.807, 2.05) is 43.3 Å². The highest BCUT2D eigenvalue weighted by Gasteiger charge is 2.14. The van der Waals surface area contributed by atoms with E-state index in [2.05, 4.69) is 28.3 Å². The molecule has 0 fully saturated rings. The van der Waals surface area contributed by atoms with Crippen molar-refractivity contribution in [1.82, 2.24) is 9.97 Å². The SMILES string of the molecule is CCOc1cc2ncc(C#N)c(Nc3ccc(OCc4ccccn4)c(Cl)c3)c2cc1CC. The molecule has 0 radical (unpaired) electrons. The van der Waals surface area contributed by atoms with Crippen molar-refractivity contribution in [3.63, 3.8) is 0 Å². The minimum Gasteiger partial charge on any atom is -0.494 e. The molecule has 2 aromatic heterocycles. The molecule has 7 heteroatoms. The summed E-state index contributed by atoms with van der Waals surface area (Å²) in [5.41, 5.74) is 4.48. The molecule has 33 heavy (non-hydrogen) atoms. The average molecular weight is 459 g/mol. The van der Waals surface area contributed by atoms with E-state index in [-0.39, 0.29) is 0 Å². The van der Waals surface area contributed by atoms with Crippen LogP contribution in [0.2, 0.25) is 5.02 Å². The summed E-state index contributed by atoms with van der Waals surface area (Å²) < 4.78 is 11.6.